The van der Waals surface area contributed by atoms with Gasteiger partial charge >= 0.3 is 0 Å². The van der Waals surface area contributed by atoms with Crippen molar-refractivity contribution in [1.29, 1.82) is 0 Å². The summed E-state index contributed by atoms with van der Waals surface area (Å²) in [6.45, 7) is 7.52. The lowest BCUT2D eigenvalue weighted by Crippen LogP contribution is -2.48. The Balaban J connectivity index is 2.04. The molecule has 0 aliphatic carbocycles. The highest BCUT2D eigenvalue weighted by molar-refractivity contribution is 6.31. The third kappa shape index (κ3) is 3.34. The van der Waals surface area contributed by atoms with E-state index < -0.39 is 6.10 Å². The van der Waals surface area contributed by atoms with Crippen molar-refractivity contribution in [2.45, 2.75) is 38.9 Å². The summed E-state index contributed by atoms with van der Waals surface area (Å²) in [6.07, 6.45) is 0.568. The summed E-state index contributed by atoms with van der Waals surface area (Å²) in [5, 5.41) is 15.5. The molecule has 0 aromatic carbocycles. The maximum Gasteiger partial charge on any atom is 0.0964 e. The van der Waals surface area contributed by atoms with Gasteiger partial charge in [0.15, 0.2) is 0 Å². The highest BCUT2D eigenvalue weighted by Crippen LogP contribution is 2.23. The first-order valence-corrected chi connectivity index (χ1v) is 7.66. The number of halogens is 1. The van der Waals surface area contributed by atoms with Crippen LogP contribution >= 0.6 is 11.6 Å². The molecule has 1 fully saturated rings. The van der Waals surface area contributed by atoms with Crippen LogP contribution < -0.4 is 0 Å². The maximum absolute atomic E-state index is 10.4. The summed E-state index contributed by atoms with van der Waals surface area (Å²) in [5.74, 6) is 0. The van der Waals surface area contributed by atoms with Gasteiger partial charge in [0.25, 0.3) is 0 Å². The summed E-state index contributed by atoms with van der Waals surface area (Å²) in [6, 6.07) is 0. The molecular weight excluding hydrogens is 278 g/mol. The normalized spacial score (nSPS) is 22.1. The molecule has 1 aliphatic rings. The molecule has 2 unspecified atom stereocenters. The number of likely N-dealkylation sites (N-methyl/N-ethyl adjacent to an activating group) is 1. The number of hydrogen-bond donors (Lipinski definition) is 1. The first-order chi connectivity index (χ1) is 9.56. The molecular formula is C14H24ClN3O2. The number of hydrogen-bond acceptors (Lipinski definition) is 4. The summed E-state index contributed by atoms with van der Waals surface area (Å²) in [7, 11) is 1.87. The Morgan fingerprint density at radius 3 is 2.85 bits per heavy atom. The van der Waals surface area contributed by atoms with Crippen molar-refractivity contribution >= 4 is 11.6 Å². The quantitative estimate of drug-likeness (QED) is 0.889. The van der Waals surface area contributed by atoms with Crippen LogP contribution in [0.3, 0.4) is 0 Å². The van der Waals surface area contributed by atoms with Gasteiger partial charge in [0.2, 0.25) is 0 Å². The summed E-state index contributed by atoms with van der Waals surface area (Å²) >= 11 is 6.32. The van der Waals surface area contributed by atoms with E-state index >= 15 is 0 Å². The fourth-order valence-corrected chi connectivity index (χ4v) is 2.99. The van der Waals surface area contributed by atoms with Crippen molar-refractivity contribution in [2.75, 3.05) is 26.2 Å². The molecule has 0 saturated carbocycles. The Bertz CT molecular complexity index is 450. The lowest BCUT2D eigenvalue weighted by atomic mass is 10.1. The molecule has 20 heavy (non-hydrogen) atoms. The minimum Gasteiger partial charge on any atom is -0.390 e. The van der Waals surface area contributed by atoms with Gasteiger partial charge in [-0.05, 0) is 13.0 Å². The van der Waals surface area contributed by atoms with Gasteiger partial charge < -0.3 is 9.84 Å². The number of aromatic nitrogens is 2. The fourth-order valence-electron chi connectivity index (χ4n) is 2.62. The second-order valence-corrected chi connectivity index (χ2v) is 5.64. The van der Waals surface area contributed by atoms with Gasteiger partial charge in [-0.3, -0.25) is 9.58 Å². The van der Waals surface area contributed by atoms with E-state index in [0.29, 0.717) is 18.1 Å². The Morgan fingerprint density at radius 1 is 1.50 bits per heavy atom. The molecule has 2 heterocycles. The van der Waals surface area contributed by atoms with E-state index in [0.717, 1.165) is 37.4 Å². The largest absolute Gasteiger partial charge is 0.390 e. The minimum absolute atomic E-state index is 0.153. The van der Waals surface area contributed by atoms with Gasteiger partial charge in [0, 0.05) is 26.6 Å². The van der Waals surface area contributed by atoms with Gasteiger partial charge in [0.1, 0.15) is 0 Å². The zero-order valence-corrected chi connectivity index (χ0v) is 13.2. The first-order valence-electron chi connectivity index (χ1n) is 7.29. The van der Waals surface area contributed by atoms with Crippen LogP contribution in [0, 0.1) is 0 Å². The number of nitrogens with zero attached hydrogens (tertiary/aromatic N) is 3. The molecule has 5 nitrogen and oxygen atoms in total. The number of aliphatic hydroxyl groups is 1. The Hall–Kier alpha value is -0.620. The van der Waals surface area contributed by atoms with Gasteiger partial charge in [-0.1, -0.05) is 25.4 Å². The summed E-state index contributed by atoms with van der Waals surface area (Å²) < 4.78 is 7.46. The topological polar surface area (TPSA) is 50.5 Å². The van der Waals surface area contributed by atoms with E-state index in [9.17, 15) is 5.11 Å². The van der Waals surface area contributed by atoms with Crippen molar-refractivity contribution in [3.63, 3.8) is 0 Å². The second-order valence-electron chi connectivity index (χ2n) is 5.26. The second kappa shape index (κ2) is 6.89. The third-order valence-electron chi connectivity index (χ3n) is 3.96. The van der Waals surface area contributed by atoms with Crippen LogP contribution in [0.5, 0.6) is 0 Å². The van der Waals surface area contributed by atoms with Crippen molar-refractivity contribution < 1.29 is 9.84 Å². The van der Waals surface area contributed by atoms with E-state index in [-0.39, 0.29) is 6.10 Å². The molecule has 0 amide bonds. The third-order valence-corrected chi connectivity index (χ3v) is 4.40. The minimum atomic E-state index is -0.554. The van der Waals surface area contributed by atoms with Crippen molar-refractivity contribution in [1.82, 2.24) is 14.7 Å². The van der Waals surface area contributed by atoms with Gasteiger partial charge in [0.05, 0.1) is 35.2 Å². The van der Waals surface area contributed by atoms with Crippen molar-refractivity contribution in [3.05, 3.63) is 16.4 Å². The molecule has 114 valence electrons. The molecule has 1 saturated heterocycles. The molecule has 1 aromatic heterocycles. The lowest BCUT2D eigenvalue weighted by molar-refractivity contribution is -0.0871. The van der Waals surface area contributed by atoms with Crippen molar-refractivity contribution in [3.8, 4) is 0 Å². The highest BCUT2D eigenvalue weighted by atomic mass is 35.5. The molecule has 2 atom stereocenters. The van der Waals surface area contributed by atoms with Crippen LogP contribution in [0.2, 0.25) is 5.02 Å². The molecule has 0 bridgehead atoms. The van der Waals surface area contributed by atoms with Crippen LogP contribution in [-0.2, 0) is 24.6 Å². The van der Waals surface area contributed by atoms with E-state index in [1.807, 2.05) is 14.0 Å². The predicted octanol–water partition coefficient (Wildman–Crippen LogP) is 1.26. The van der Waals surface area contributed by atoms with Gasteiger partial charge in [-0.25, -0.2) is 0 Å². The van der Waals surface area contributed by atoms with E-state index in [4.69, 9.17) is 16.3 Å². The zero-order valence-electron chi connectivity index (χ0n) is 12.5. The fraction of sp³-hybridized carbons (Fsp3) is 0.786. The average Bonchev–Trinajstić information content (AvgIpc) is 2.74. The summed E-state index contributed by atoms with van der Waals surface area (Å²) in [4.78, 5) is 2.29. The van der Waals surface area contributed by atoms with Crippen LogP contribution in [0.15, 0.2) is 0 Å². The standard InChI is InChI=1S/C14H24ClN3O2/c1-4-10-14(15)11(17(3)16-10)8-12(19)13-9-18(5-2)6-7-20-13/h12-13,19H,4-9H2,1-3H3. The Morgan fingerprint density at radius 2 is 2.25 bits per heavy atom. The summed E-state index contributed by atoms with van der Waals surface area (Å²) in [5.41, 5.74) is 1.77. The zero-order chi connectivity index (χ0) is 14.7. The Labute approximate surface area is 125 Å². The van der Waals surface area contributed by atoms with Crippen LogP contribution in [0.4, 0.5) is 0 Å². The number of aryl methyl sites for hydroxylation is 2. The number of morpholine rings is 1. The molecule has 1 aromatic rings. The predicted molar refractivity (Wildman–Crippen MR) is 79.2 cm³/mol. The van der Waals surface area contributed by atoms with Crippen LogP contribution in [0.1, 0.15) is 25.2 Å². The number of ether oxygens (including phenoxy) is 1. The number of aliphatic hydroxyl groups excluding tert-OH is 1. The SMILES string of the molecule is CCc1nn(C)c(CC(O)C2CN(CC)CCO2)c1Cl. The molecule has 1 N–H and O–H groups in total. The average molecular weight is 302 g/mol. The van der Waals surface area contributed by atoms with Crippen LogP contribution in [-0.4, -0.2) is 58.2 Å². The molecule has 0 spiro atoms. The Kier molecular flexibility index (Phi) is 5.43. The molecule has 2 rings (SSSR count). The first kappa shape index (κ1) is 15.8. The maximum atomic E-state index is 10.4. The van der Waals surface area contributed by atoms with E-state index in [1.54, 1.807) is 4.68 Å². The van der Waals surface area contributed by atoms with Crippen LogP contribution in [0.25, 0.3) is 0 Å². The smallest absolute Gasteiger partial charge is 0.0964 e. The molecule has 6 heteroatoms. The molecule has 0 radical (unpaired) electrons. The van der Waals surface area contributed by atoms with Gasteiger partial charge in [-0.2, -0.15) is 5.10 Å². The highest BCUT2D eigenvalue weighted by Gasteiger charge is 2.28. The van der Waals surface area contributed by atoms with E-state index in [2.05, 4.69) is 16.9 Å². The molecule has 1 aliphatic heterocycles. The lowest BCUT2D eigenvalue weighted by Gasteiger charge is -2.34. The number of rotatable bonds is 5. The van der Waals surface area contributed by atoms with Crippen molar-refractivity contribution in [2.24, 2.45) is 7.05 Å². The monoisotopic (exact) mass is 301 g/mol. The van der Waals surface area contributed by atoms with Gasteiger partial charge in [-0.15, -0.1) is 0 Å². The van der Waals surface area contributed by atoms with E-state index in [1.165, 1.54) is 0 Å².